The third-order valence-corrected chi connectivity index (χ3v) is 12.6. The van der Waals surface area contributed by atoms with Gasteiger partial charge in [-0.15, -0.1) is 0 Å². The van der Waals surface area contributed by atoms with Crippen LogP contribution in [0.4, 0.5) is 0 Å². The molecule has 3 aliphatic carbocycles. The van der Waals surface area contributed by atoms with Crippen LogP contribution in [0, 0.1) is 46.8 Å². The molecular formula is C40H67O8. The van der Waals surface area contributed by atoms with Crippen molar-refractivity contribution in [1.82, 2.24) is 0 Å². The van der Waals surface area contributed by atoms with Crippen LogP contribution in [0.5, 0.6) is 0 Å². The molecule has 0 amide bonds. The maximum Gasteiger partial charge on any atom is 0.305 e. The molecule has 3 fully saturated rings. The molecule has 0 heterocycles. The molecule has 8 nitrogen and oxygen atoms in total. The van der Waals surface area contributed by atoms with Gasteiger partial charge < -0.3 is 18.9 Å². The summed E-state index contributed by atoms with van der Waals surface area (Å²) in [6.45, 7) is 17.1. The number of hydrogen-bond donors (Lipinski definition) is 0. The van der Waals surface area contributed by atoms with Crippen molar-refractivity contribution in [3.05, 3.63) is 6.42 Å². The highest BCUT2D eigenvalue weighted by Gasteiger charge is 2.62. The van der Waals surface area contributed by atoms with Gasteiger partial charge in [0.05, 0.1) is 6.61 Å². The summed E-state index contributed by atoms with van der Waals surface area (Å²) in [7, 11) is 0. The quantitative estimate of drug-likeness (QED) is 0.0806. The first-order chi connectivity index (χ1) is 22.8. The Balaban J connectivity index is 1.78. The van der Waals surface area contributed by atoms with E-state index in [4.69, 9.17) is 18.9 Å². The molecule has 0 spiro atoms. The van der Waals surface area contributed by atoms with Gasteiger partial charge in [-0.1, -0.05) is 87.5 Å². The summed E-state index contributed by atoms with van der Waals surface area (Å²) in [6.07, 6.45) is 14.4. The van der Waals surface area contributed by atoms with Crippen molar-refractivity contribution >= 4 is 23.9 Å². The van der Waals surface area contributed by atoms with Gasteiger partial charge in [0.1, 0.15) is 18.3 Å². The van der Waals surface area contributed by atoms with Gasteiger partial charge in [0.25, 0.3) is 0 Å². The van der Waals surface area contributed by atoms with Crippen molar-refractivity contribution < 1.29 is 38.1 Å². The summed E-state index contributed by atoms with van der Waals surface area (Å²) in [6, 6.07) is 0. The van der Waals surface area contributed by atoms with E-state index in [1.807, 2.05) is 20.8 Å². The van der Waals surface area contributed by atoms with Crippen LogP contribution in [0.1, 0.15) is 158 Å². The van der Waals surface area contributed by atoms with Crippen molar-refractivity contribution in [1.29, 1.82) is 0 Å². The number of fused-ring (bicyclic) bond motifs is 3. The van der Waals surface area contributed by atoms with Gasteiger partial charge >= 0.3 is 23.9 Å². The maximum absolute atomic E-state index is 12.9. The molecule has 0 bridgehead atoms. The number of hydrogen-bond acceptors (Lipinski definition) is 8. The lowest BCUT2D eigenvalue weighted by Crippen LogP contribution is -2.61. The number of rotatable bonds is 18. The molecule has 1 radical (unpaired) electrons. The lowest BCUT2D eigenvalue weighted by atomic mass is 9.44. The number of esters is 4. The average Bonchev–Trinajstić information content (AvgIpc) is 3.07. The Kier molecular flexibility index (Phi) is 15.8. The Morgan fingerprint density at radius 3 is 2.06 bits per heavy atom. The molecule has 0 saturated heterocycles. The SMILES string of the molecule is CCCCCCCCOC(=O)CC[C@@H](C)[C@@H](C)[C@]1(C)[CH][C@@H]2[C@H](OC(=O)CC)C[C@@H]3C[C@H](OC(=O)CC)CC[C@]3(C)[C@H]2C[C@@H]1OC(=O)CC. The fourth-order valence-electron chi connectivity index (χ4n) is 8.99. The van der Waals surface area contributed by atoms with Gasteiger partial charge in [-0.25, -0.2) is 0 Å². The molecule has 275 valence electrons. The van der Waals surface area contributed by atoms with Crippen LogP contribution in [0.2, 0.25) is 0 Å². The molecule has 10 atom stereocenters. The van der Waals surface area contributed by atoms with Crippen LogP contribution in [0.25, 0.3) is 0 Å². The van der Waals surface area contributed by atoms with Crippen molar-refractivity contribution in [2.75, 3.05) is 6.61 Å². The molecule has 8 heteroatoms. The van der Waals surface area contributed by atoms with Gasteiger partial charge in [-0.2, -0.15) is 0 Å². The molecule has 3 saturated carbocycles. The van der Waals surface area contributed by atoms with Crippen molar-refractivity contribution in [2.45, 2.75) is 176 Å². The molecular weight excluding hydrogens is 608 g/mol. The lowest BCUT2D eigenvalue weighted by molar-refractivity contribution is -0.196. The Morgan fingerprint density at radius 1 is 0.771 bits per heavy atom. The van der Waals surface area contributed by atoms with Crippen LogP contribution < -0.4 is 0 Å². The van der Waals surface area contributed by atoms with Crippen LogP contribution in [0.15, 0.2) is 0 Å². The largest absolute Gasteiger partial charge is 0.466 e. The monoisotopic (exact) mass is 675 g/mol. The molecule has 3 rings (SSSR count). The summed E-state index contributed by atoms with van der Waals surface area (Å²) in [5, 5.41) is 0. The fraction of sp³-hybridized carbons (Fsp3) is 0.875. The third kappa shape index (κ3) is 10.2. The third-order valence-electron chi connectivity index (χ3n) is 12.6. The highest BCUT2D eigenvalue weighted by molar-refractivity contribution is 5.70. The molecule has 0 unspecified atom stereocenters. The van der Waals surface area contributed by atoms with E-state index in [0.29, 0.717) is 45.1 Å². The zero-order valence-electron chi connectivity index (χ0n) is 31.5. The Morgan fingerprint density at radius 2 is 1.40 bits per heavy atom. The molecule has 0 aromatic carbocycles. The predicted molar refractivity (Wildman–Crippen MR) is 186 cm³/mol. The second-order valence-corrected chi connectivity index (χ2v) is 15.6. The Hall–Kier alpha value is -2.12. The van der Waals surface area contributed by atoms with Crippen LogP contribution in [-0.2, 0) is 38.1 Å². The number of carbonyl (C=O) groups is 4. The fourth-order valence-corrected chi connectivity index (χ4v) is 8.99. The molecule has 0 aromatic rings. The van der Waals surface area contributed by atoms with Gasteiger partial charge in [-0.05, 0) is 80.5 Å². The number of ether oxygens (including phenoxy) is 4. The van der Waals surface area contributed by atoms with E-state index in [2.05, 4.69) is 41.0 Å². The zero-order chi connectivity index (χ0) is 35.5. The molecule has 0 N–H and O–H groups in total. The van der Waals surface area contributed by atoms with Gasteiger partial charge in [0.15, 0.2) is 0 Å². The van der Waals surface area contributed by atoms with E-state index in [-0.39, 0.29) is 77.2 Å². The topological polar surface area (TPSA) is 105 Å². The molecule has 3 aliphatic rings. The second kappa shape index (κ2) is 18.8. The van der Waals surface area contributed by atoms with Gasteiger partial charge in [0.2, 0.25) is 0 Å². The normalized spacial score (nSPS) is 32.6. The van der Waals surface area contributed by atoms with E-state index in [9.17, 15) is 19.2 Å². The van der Waals surface area contributed by atoms with E-state index < -0.39 is 5.41 Å². The van der Waals surface area contributed by atoms with Crippen LogP contribution in [-0.4, -0.2) is 48.8 Å². The average molecular weight is 676 g/mol. The number of unbranched alkanes of at least 4 members (excludes halogenated alkanes) is 5. The minimum atomic E-state index is -0.484. The first-order valence-corrected chi connectivity index (χ1v) is 19.4. The maximum atomic E-state index is 12.9. The lowest BCUT2D eigenvalue weighted by Gasteiger charge is -2.62. The van der Waals surface area contributed by atoms with E-state index >= 15 is 0 Å². The standard InChI is InChI=1S/C40H67O8/c1-9-13-14-15-16-17-22-45-38(44)19-18-27(5)28(6)40(8)26-31-32(25-34(40)48-37(43)12-4)39(7)21-20-30(46-35(41)10-2)23-29(39)24-33(31)47-36(42)11-3/h26-34H,9-25H2,1-8H3/t27-,28-,29+,30-,31+,32+,33-,34+,39+,40+/m1/s1. The highest BCUT2D eigenvalue weighted by Crippen LogP contribution is 2.63. The smallest absolute Gasteiger partial charge is 0.305 e. The minimum Gasteiger partial charge on any atom is -0.466 e. The van der Waals surface area contributed by atoms with E-state index in [1.54, 1.807) is 0 Å². The van der Waals surface area contributed by atoms with Gasteiger partial charge in [0, 0.05) is 37.0 Å². The zero-order valence-corrected chi connectivity index (χ0v) is 31.5. The van der Waals surface area contributed by atoms with Crippen molar-refractivity contribution in [3.8, 4) is 0 Å². The first-order valence-electron chi connectivity index (χ1n) is 19.4. The molecule has 48 heavy (non-hydrogen) atoms. The van der Waals surface area contributed by atoms with Crippen molar-refractivity contribution in [3.63, 3.8) is 0 Å². The van der Waals surface area contributed by atoms with Crippen LogP contribution >= 0.6 is 0 Å². The minimum absolute atomic E-state index is 0.00927. The predicted octanol–water partition coefficient (Wildman–Crippen LogP) is 8.96. The summed E-state index contributed by atoms with van der Waals surface area (Å²) in [5.41, 5.74) is -0.556. The van der Waals surface area contributed by atoms with E-state index in [0.717, 1.165) is 38.5 Å². The Bertz CT molecular complexity index is 1060. The summed E-state index contributed by atoms with van der Waals surface area (Å²) in [5.74, 6) is -0.0976. The Labute approximate surface area is 291 Å². The summed E-state index contributed by atoms with van der Waals surface area (Å²) in [4.78, 5) is 50.5. The van der Waals surface area contributed by atoms with E-state index in [1.165, 1.54) is 25.7 Å². The summed E-state index contributed by atoms with van der Waals surface area (Å²) < 4.78 is 23.9. The second-order valence-electron chi connectivity index (χ2n) is 15.6. The first kappa shape index (κ1) is 40.3. The van der Waals surface area contributed by atoms with Gasteiger partial charge in [-0.3, -0.25) is 19.2 Å². The number of carbonyl (C=O) groups excluding carboxylic acids is 4. The molecule has 0 aromatic heterocycles. The molecule has 0 aliphatic heterocycles. The van der Waals surface area contributed by atoms with Crippen LogP contribution in [0.3, 0.4) is 0 Å². The summed E-state index contributed by atoms with van der Waals surface area (Å²) >= 11 is 0. The van der Waals surface area contributed by atoms with Crippen molar-refractivity contribution in [2.24, 2.45) is 40.4 Å². The highest BCUT2D eigenvalue weighted by atomic mass is 16.6.